The molecule has 2 heterocycles. The Bertz CT molecular complexity index is 665. The fourth-order valence-electron chi connectivity index (χ4n) is 3.09. The van der Waals surface area contributed by atoms with Crippen molar-refractivity contribution in [1.29, 1.82) is 0 Å². The van der Waals surface area contributed by atoms with Gasteiger partial charge in [0.2, 0.25) is 5.91 Å². The van der Waals surface area contributed by atoms with E-state index < -0.39 is 5.97 Å². The molecule has 1 aromatic heterocycles. The van der Waals surface area contributed by atoms with E-state index >= 15 is 0 Å². The van der Waals surface area contributed by atoms with Crippen LogP contribution in [0.5, 0.6) is 5.75 Å². The summed E-state index contributed by atoms with van der Waals surface area (Å²) in [6.45, 7) is 0.454. The van der Waals surface area contributed by atoms with Crippen LogP contribution in [0.25, 0.3) is 0 Å². The van der Waals surface area contributed by atoms with Gasteiger partial charge in [0.25, 0.3) is 5.91 Å². The lowest BCUT2D eigenvalue weighted by atomic mass is 10.1. The summed E-state index contributed by atoms with van der Waals surface area (Å²) in [5.41, 5.74) is 0. The largest absolute Gasteiger partial charge is 0.481 e. The molecule has 0 bridgehead atoms. The molecule has 0 fully saturated rings. The van der Waals surface area contributed by atoms with Crippen molar-refractivity contribution < 1.29 is 24.2 Å². The van der Waals surface area contributed by atoms with Gasteiger partial charge in [0.05, 0.1) is 0 Å². The summed E-state index contributed by atoms with van der Waals surface area (Å²) < 4.78 is 5.31. The lowest BCUT2D eigenvalue weighted by molar-refractivity contribution is -0.137. The van der Waals surface area contributed by atoms with Crippen molar-refractivity contribution in [2.75, 3.05) is 24.6 Å². The van der Waals surface area contributed by atoms with Gasteiger partial charge in [0, 0.05) is 19.2 Å². The van der Waals surface area contributed by atoms with Crippen LogP contribution in [0.1, 0.15) is 57.8 Å². The minimum Gasteiger partial charge on any atom is -0.481 e. The fraction of sp³-hybridized carbons (Fsp3) is 0.600. The molecule has 0 aromatic carbocycles. The van der Waals surface area contributed by atoms with E-state index in [1.165, 1.54) is 4.90 Å². The molecule has 1 aliphatic heterocycles. The molecule has 0 radical (unpaired) electrons. The number of nitrogens with one attached hydrogen (secondary N) is 1. The van der Waals surface area contributed by atoms with Gasteiger partial charge in [-0.3, -0.25) is 19.3 Å². The summed E-state index contributed by atoms with van der Waals surface area (Å²) in [5.74, 6) is -0.300. The highest BCUT2D eigenvalue weighted by Crippen LogP contribution is 2.28. The highest BCUT2D eigenvalue weighted by molar-refractivity contribution is 6.01. The number of hydrogen-bond acceptors (Lipinski definition) is 5. The van der Waals surface area contributed by atoms with E-state index in [0.29, 0.717) is 18.1 Å². The lowest BCUT2D eigenvalue weighted by Crippen LogP contribution is -2.45. The van der Waals surface area contributed by atoms with E-state index in [1.54, 1.807) is 18.3 Å². The first-order valence-corrected chi connectivity index (χ1v) is 9.94. The maximum absolute atomic E-state index is 12.1. The van der Waals surface area contributed by atoms with Crippen LogP contribution in [0.3, 0.4) is 0 Å². The molecule has 2 amide bonds. The molecule has 0 saturated heterocycles. The number of aromatic nitrogens is 1. The number of rotatable bonds is 13. The zero-order chi connectivity index (χ0) is 20.2. The highest BCUT2D eigenvalue weighted by atomic mass is 16.5. The van der Waals surface area contributed by atoms with Crippen LogP contribution in [0.15, 0.2) is 18.3 Å². The molecular weight excluding hydrogens is 362 g/mol. The molecule has 0 atom stereocenters. The molecule has 2 N–H and O–H groups in total. The van der Waals surface area contributed by atoms with Crippen LogP contribution in [0, 0.1) is 0 Å². The van der Waals surface area contributed by atoms with Crippen molar-refractivity contribution in [3.05, 3.63) is 18.3 Å². The molecule has 0 spiro atoms. The highest BCUT2D eigenvalue weighted by Gasteiger charge is 2.28. The number of fused-ring (bicyclic) bond motifs is 1. The summed E-state index contributed by atoms with van der Waals surface area (Å²) >= 11 is 0. The van der Waals surface area contributed by atoms with E-state index in [9.17, 15) is 14.4 Å². The molecule has 1 aromatic rings. The Morgan fingerprint density at radius 2 is 1.79 bits per heavy atom. The first kappa shape index (κ1) is 21.7. The van der Waals surface area contributed by atoms with Gasteiger partial charge < -0.3 is 15.2 Å². The lowest BCUT2D eigenvalue weighted by Gasteiger charge is -2.27. The fourth-order valence-corrected chi connectivity index (χ4v) is 3.09. The van der Waals surface area contributed by atoms with E-state index in [4.69, 9.17) is 9.84 Å². The number of unbranched alkanes of at least 4 members (excludes halogenated alkanes) is 7. The zero-order valence-electron chi connectivity index (χ0n) is 16.2. The van der Waals surface area contributed by atoms with Crippen molar-refractivity contribution in [3.63, 3.8) is 0 Å². The third-order valence-corrected chi connectivity index (χ3v) is 4.60. The second kappa shape index (κ2) is 11.9. The molecule has 1 aliphatic rings. The average molecular weight is 391 g/mol. The molecule has 28 heavy (non-hydrogen) atoms. The number of carbonyl (C=O) groups is 3. The maximum Gasteiger partial charge on any atom is 0.303 e. The number of nitrogens with zero attached hydrogens (tertiary/aromatic N) is 2. The van der Waals surface area contributed by atoms with E-state index in [2.05, 4.69) is 10.3 Å². The number of pyridine rings is 1. The van der Waals surface area contributed by atoms with Gasteiger partial charge in [0.15, 0.2) is 18.2 Å². The van der Waals surface area contributed by atoms with Crippen molar-refractivity contribution >= 4 is 23.6 Å². The van der Waals surface area contributed by atoms with Gasteiger partial charge in [-0.15, -0.1) is 0 Å². The van der Waals surface area contributed by atoms with E-state index in [0.717, 1.165) is 51.4 Å². The normalized spacial score (nSPS) is 13.0. The molecule has 0 unspecified atom stereocenters. The van der Waals surface area contributed by atoms with Crippen molar-refractivity contribution in [2.45, 2.75) is 57.8 Å². The van der Waals surface area contributed by atoms with Crippen LogP contribution in [-0.2, 0) is 14.4 Å². The van der Waals surface area contributed by atoms with Gasteiger partial charge in [-0.05, 0) is 25.0 Å². The van der Waals surface area contributed by atoms with Gasteiger partial charge in [-0.1, -0.05) is 38.5 Å². The van der Waals surface area contributed by atoms with Crippen LogP contribution >= 0.6 is 0 Å². The topological polar surface area (TPSA) is 109 Å². The van der Waals surface area contributed by atoms with Crippen molar-refractivity contribution in [3.8, 4) is 5.75 Å². The number of hydrogen-bond donors (Lipinski definition) is 2. The number of carboxylic acid groups (broad SMARTS) is 1. The second-order valence-corrected chi connectivity index (χ2v) is 6.92. The predicted octanol–water partition coefficient (Wildman–Crippen LogP) is 2.52. The van der Waals surface area contributed by atoms with Gasteiger partial charge >= 0.3 is 5.97 Å². The SMILES string of the molecule is O=C(O)CCCCCCCCCCNC(=O)CN1C(=O)COc2cccnc21. The molecule has 0 saturated carbocycles. The summed E-state index contributed by atoms with van der Waals surface area (Å²) in [6, 6.07) is 3.45. The van der Waals surface area contributed by atoms with Gasteiger partial charge in [-0.2, -0.15) is 0 Å². The molecule has 0 aliphatic carbocycles. The third-order valence-electron chi connectivity index (χ3n) is 4.60. The Morgan fingerprint density at radius 3 is 2.50 bits per heavy atom. The molecule has 8 nitrogen and oxygen atoms in total. The molecular formula is C20H29N3O5. The average Bonchev–Trinajstić information content (AvgIpc) is 2.68. The Kier molecular flexibility index (Phi) is 9.24. The number of carboxylic acids is 1. The number of amides is 2. The minimum absolute atomic E-state index is 0.0530. The molecule has 154 valence electrons. The quantitative estimate of drug-likeness (QED) is 0.500. The minimum atomic E-state index is -0.722. The molecule has 8 heteroatoms. The smallest absolute Gasteiger partial charge is 0.303 e. The Hall–Kier alpha value is -2.64. The van der Waals surface area contributed by atoms with Crippen LogP contribution in [0.2, 0.25) is 0 Å². The predicted molar refractivity (Wildman–Crippen MR) is 104 cm³/mol. The first-order chi connectivity index (χ1) is 13.6. The van der Waals surface area contributed by atoms with E-state index in [1.807, 2.05) is 0 Å². The monoisotopic (exact) mass is 391 g/mol. The second-order valence-electron chi connectivity index (χ2n) is 6.92. The van der Waals surface area contributed by atoms with Crippen molar-refractivity contribution in [1.82, 2.24) is 10.3 Å². The third kappa shape index (κ3) is 7.54. The van der Waals surface area contributed by atoms with Crippen LogP contribution in [0.4, 0.5) is 5.82 Å². The first-order valence-electron chi connectivity index (χ1n) is 9.94. The number of carbonyl (C=O) groups excluding carboxylic acids is 2. The Balaban J connectivity index is 1.53. The molecule has 2 rings (SSSR count). The number of anilines is 1. The van der Waals surface area contributed by atoms with Gasteiger partial charge in [-0.25, -0.2) is 4.98 Å². The summed E-state index contributed by atoms with van der Waals surface area (Å²) in [7, 11) is 0. The standard InChI is InChI=1S/C20H29N3O5/c24-17(14-23-18(25)15-28-16-10-9-13-22-20(16)23)21-12-8-6-4-2-1-3-5-7-11-19(26)27/h9-10,13H,1-8,11-12,14-15H2,(H,21,24)(H,26,27). The maximum atomic E-state index is 12.1. The Labute approximate surface area is 165 Å². The van der Waals surface area contributed by atoms with E-state index in [-0.39, 0.29) is 31.4 Å². The zero-order valence-corrected chi connectivity index (χ0v) is 16.2. The summed E-state index contributed by atoms with van der Waals surface area (Å²) in [6.07, 6.45) is 9.93. The number of ether oxygens (including phenoxy) is 1. The summed E-state index contributed by atoms with van der Waals surface area (Å²) in [5, 5.41) is 11.4. The number of aliphatic carboxylic acids is 1. The van der Waals surface area contributed by atoms with Crippen molar-refractivity contribution in [2.24, 2.45) is 0 Å². The summed E-state index contributed by atoms with van der Waals surface area (Å²) in [4.78, 5) is 40.1. The Morgan fingerprint density at radius 1 is 1.11 bits per heavy atom. The van der Waals surface area contributed by atoms with Crippen LogP contribution in [-0.4, -0.2) is 47.6 Å². The van der Waals surface area contributed by atoms with Gasteiger partial charge in [0.1, 0.15) is 6.54 Å². The van der Waals surface area contributed by atoms with Crippen LogP contribution < -0.4 is 15.0 Å².